The third-order valence-electron chi connectivity index (χ3n) is 12.0. The fraction of sp³-hybridized carbons (Fsp3) is 0.865. The number of carbonyl (C=O) groups excluding carboxylic acids is 1. The molecule has 1 aliphatic rings. The second-order valence-electron chi connectivity index (χ2n) is 18.1. The summed E-state index contributed by atoms with van der Waals surface area (Å²) in [6, 6.07) is 0. The maximum absolute atomic E-state index is 12.9. The maximum Gasteiger partial charge on any atom is 0.397 e. The number of carbonyl (C=O) groups is 1. The summed E-state index contributed by atoms with van der Waals surface area (Å²) in [6.45, 7) is 3.99. The van der Waals surface area contributed by atoms with Crippen LogP contribution in [-0.2, 0) is 38.3 Å². The van der Waals surface area contributed by atoms with Crippen molar-refractivity contribution in [3.8, 4) is 0 Å². The van der Waals surface area contributed by atoms with Crippen LogP contribution in [0.5, 0.6) is 0 Å². The van der Waals surface area contributed by atoms with Gasteiger partial charge in [-0.1, -0.05) is 204 Å². The predicted molar refractivity (Wildman–Crippen MR) is 262 cm³/mol. The summed E-state index contributed by atoms with van der Waals surface area (Å²) in [6.07, 6.45) is 43.2. The van der Waals surface area contributed by atoms with Gasteiger partial charge in [0.05, 0.1) is 19.8 Å². The van der Waals surface area contributed by atoms with Gasteiger partial charge in [-0.2, -0.15) is 8.42 Å². The van der Waals surface area contributed by atoms with Gasteiger partial charge >= 0.3 is 16.4 Å². The number of rotatable bonds is 46. The van der Waals surface area contributed by atoms with Gasteiger partial charge in [-0.25, -0.2) is 4.18 Å². The number of aliphatic hydroxyl groups excluding tert-OH is 3. The zero-order chi connectivity index (χ0) is 47.5. The van der Waals surface area contributed by atoms with Crippen LogP contribution in [0.4, 0.5) is 0 Å². The number of ether oxygens (including phenoxy) is 4. The van der Waals surface area contributed by atoms with Gasteiger partial charge in [0.25, 0.3) is 0 Å². The summed E-state index contributed by atoms with van der Waals surface area (Å²) in [4.78, 5) is 12.9. The van der Waals surface area contributed by atoms with Gasteiger partial charge in [0.15, 0.2) is 6.29 Å². The van der Waals surface area contributed by atoms with Crippen molar-refractivity contribution < 1.29 is 56.2 Å². The van der Waals surface area contributed by atoms with E-state index in [0.717, 1.165) is 57.8 Å². The van der Waals surface area contributed by atoms with E-state index in [9.17, 15) is 33.1 Å². The first-order chi connectivity index (χ1) is 31.6. The molecule has 0 saturated carbocycles. The third-order valence-corrected chi connectivity index (χ3v) is 12.5. The first-order valence-electron chi connectivity index (χ1n) is 26.2. The van der Waals surface area contributed by atoms with Crippen LogP contribution < -0.4 is 0 Å². The molecule has 0 aliphatic carbocycles. The van der Waals surface area contributed by atoms with E-state index in [1.165, 1.54) is 141 Å². The van der Waals surface area contributed by atoms with Crippen LogP contribution in [0.15, 0.2) is 36.5 Å². The van der Waals surface area contributed by atoms with Crippen molar-refractivity contribution in [1.29, 1.82) is 0 Å². The minimum absolute atomic E-state index is 0.0349. The zero-order valence-electron chi connectivity index (χ0n) is 41.1. The van der Waals surface area contributed by atoms with Crippen LogP contribution in [0, 0.1) is 0 Å². The molecule has 65 heavy (non-hydrogen) atoms. The van der Waals surface area contributed by atoms with Crippen molar-refractivity contribution in [2.45, 2.75) is 263 Å². The molecule has 0 aromatic rings. The molecule has 0 radical (unpaired) electrons. The van der Waals surface area contributed by atoms with E-state index in [2.05, 4.69) is 54.5 Å². The highest BCUT2D eigenvalue weighted by Crippen LogP contribution is 2.26. The van der Waals surface area contributed by atoms with E-state index >= 15 is 0 Å². The van der Waals surface area contributed by atoms with Gasteiger partial charge in [0.1, 0.15) is 30.5 Å². The molecule has 1 saturated heterocycles. The number of hydrogen-bond donors (Lipinski definition) is 4. The second-order valence-corrected chi connectivity index (χ2v) is 19.2. The Kier molecular flexibility index (Phi) is 41.1. The molecule has 4 N–H and O–H groups in total. The molecule has 12 nitrogen and oxygen atoms in total. The van der Waals surface area contributed by atoms with Crippen molar-refractivity contribution in [1.82, 2.24) is 0 Å². The van der Waals surface area contributed by atoms with Gasteiger partial charge in [-0.15, -0.1) is 0 Å². The van der Waals surface area contributed by atoms with E-state index in [1.807, 2.05) is 0 Å². The fourth-order valence-corrected chi connectivity index (χ4v) is 8.54. The van der Waals surface area contributed by atoms with Crippen LogP contribution in [-0.4, -0.2) is 97.5 Å². The lowest BCUT2D eigenvalue weighted by Crippen LogP contribution is -2.60. The third kappa shape index (κ3) is 37.0. The van der Waals surface area contributed by atoms with Crippen molar-refractivity contribution in [2.75, 3.05) is 26.4 Å². The normalized spacial score (nSPS) is 19.9. The van der Waals surface area contributed by atoms with Gasteiger partial charge in [0.2, 0.25) is 0 Å². The monoisotopic (exact) mass is 945 g/mol. The van der Waals surface area contributed by atoms with Crippen molar-refractivity contribution >= 4 is 16.4 Å². The van der Waals surface area contributed by atoms with Crippen molar-refractivity contribution in [2.24, 2.45) is 0 Å². The summed E-state index contributed by atoms with van der Waals surface area (Å²) in [5.74, 6) is -0.399. The van der Waals surface area contributed by atoms with Crippen LogP contribution >= 0.6 is 0 Å². The van der Waals surface area contributed by atoms with Crippen molar-refractivity contribution in [3.63, 3.8) is 0 Å². The lowest BCUT2D eigenvalue weighted by Gasteiger charge is -2.41. The number of aliphatic hydroxyl groups is 3. The lowest BCUT2D eigenvalue weighted by molar-refractivity contribution is -0.301. The molecule has 0 spiro atoms. The summed E-state index contributed by atoms with van der Waals surface area (Å²) < 4.78 is 59.2. The van der Waals surface area contributed by atoms with Gasteiger partial charge in [-0.05, 0) is 51.4 Å². The second kappa shape index (κ2) is 43.6. The Morgan fingerprint density at radius 2 is 1.02 bits per heavy atom. The SMILES string of the molecule is CCCCCCC/C=C\C/C=C\C/C=C\CCCCCCCCCCCOCC(COC1OC(CO)C(O)C(OS(=O)(=O)O)C1O)OC(=O)CCCCCCCCCCCCCCCC. The zero-order valence-corrected chi connectivity index (χ0v) is 41.9. The fourth-order valence-electron chi connectivity index (χ4n) is 8.03. The Morgan fingerprint density at radius 3 is 1.48 bits per heavy atom. The minimum atomic E-state index is -5.06. The van der Waals surface area contributed by atoms with Crippen LogP contribution in [0.2, 0.25) is 0 Å². The molecule has 382 valence electrons. The topological polar surface area (TPSA) is 178 Å². The summed E-state index contributed by atoms with van der Waals surface area (Å²) in [5.41, 5.74) is 0. The smallest absolute Gasteiger partial charge is 0.397 e. The van der Waals surface area contributed by atoms with Crippen LogP contribution in [0.3, 0.4) is 0 Å². The standard InChI is InChI=1S/C52H96O12S/c1-3-5-7-9-11-13-15-17-19-20-21-22-23-24-25-26-27-28-30-32-34-36-38-40-42-60-44-46(45-61-52-50(56)51(64-65(57,58)59)49(55)47(43-53)63-52)62-48(54)41-39-37-35-33-31-29-18-16-14-12-10-8-6-4-2/h15,17,20-21,23-24,46-47,49-53,55-56H,3-14,16,18-19,22,25-45H2,1-2H3,(H,57,58,59)/b17-15-,21-20-,24-23-. The quantitative estimate of drug-likeness (QED) is 0.0197. The van der Waals surface area contributed by atoms with E-state index in [-0.39, 0.29) is 19.6 Å². The molecule has 6 unspecified atom stereocenters. The summed E-state index contributed by atoms with van der Waals surface area (Å²) in [5, 5.41) is 30.7. The molecule has 1 heterocycles. The molecule has 0 bridgehead atoms. The Balaban J connectivity index is 2.32. The molecule has 0 aromatic heterocycles. The number of hydrogen-bond acceptors (Lipinski definition) is 11. The molecule has 6 atom stereocenters. The molecule has 13 heteroatoms. The van der Waals surface area contributed by atoms with Crippen molar-refractivity contribution in [3.05, 3.63) is 36.5 Å². The van der Waals surface area contributed by atoms with E-state index in [1.54, 1.807) is 0 Å². The van der Waals surface area contributed by atoms with Crippen LogP contribution in [0.1, 0.15) is 226 Å². The van der Waals surface area contributed by atoms with E-state index in [0.29, 0.717) is 13.0 Å². The summed E-state index contributed by atoms with van der Waals surface area (Å²) >= 11 is 0. The molecule has 0 aromatic carbocycles. The van der Waals surface area contributed by atoms with E-state index in [4.69, 9.17) is 18.9 Å². The molecule has 1 aliphatic heterocycles. The molecular formula is C52H96O12S. The Bertz CT molecular complexity index is 1270. The van der Waals surface area contributed by atoms with E-state index < -0.39 is 59.8 Å². The highest BCUT2D eigenvalue weighted by Gasteiger charge is 2.48. The number of allylic oxidation sites excluding steroid dienone is 6. The van der Waals surface area contributed by atoms with Gasteiger partial charge < -0.3 is 34.3 Å². The highest BCUT2D eigenvalue weighted by atomic mass is 32.3. The maximum atomic E-state index is 12.9. The molecule has 1 rings (SSSR count). The largest absolute Gasteiger partial charge is 0.457 e. The first kappa shape index (κ1) is 61.3. The van der Waals surface area contributed by atoms with Crippen LogP contribution in [0.25, 0.3) is 0 Å². The molecule has 0 amide bonds. The lowest BCUT2D eigenvalue weighted by atomic mass is 9.99. The Morgan fingerprint density at radius 1 is 0.585 bits per heavy atom. The predicted octanol–water partition coefficient (Wildman–Crippen LogP) is 12.1. The summed E-state index contributed by atoms with van der Waals surface area (Å²) in [7, 11) is -5.06. The highest BCUT2D eigenvalue weighted by molar-refractivity contribution is 7.80. The minimum Gasteiger partial charge on any atom is -0.457 e. The average molecular weight is 945 g/mol. The molecule has 1 fully saturated rings. The Hall–Kier alpha value is -1.68. The first-order valence-corrected chi connectivity index (χ1v) is 27.6. The Labute approximate surface area is 396 Å². The molecular weight excluding hydrogens is 849 g/mol. The number of unbranched alkanes of at least 4 members (excludes halogenated alkanes) is 27. The van der Waals surface area contributed by atoms with Gasteiger partial charge in [-0.3, -0.25) is 9.35 Å². The van der Waals surface area contributed by atoms with Gasteiger partial charge in [0, 0.05) is 13.0 Å². The average Bonchev–Trinajstić information content (AvgIpc) is 3.28. The number of esters is 1.